The second kappa shape index (κ2) is 5.70. The highest BCUT2D eigenvalue weighted by Gasteiger charge is 2.05. The van der Waals surface area contributed by atoms with E-state index < -0.39 is 11.8 Å². The number of carbonyl (C=O) groups excluding carboxylic acids is 1. The molecule has 0 radical (unpaired) electrons. The minimum atomic E-state index is -0.462. The third-order valence-corrected chi connectivity index (χ3v) is 2.21. The molecule has 0 aromatic heterocycles. The van der Waals surface area contributed by atoms with Gasteiger partial charge in [0.15, 0.2) is 0 Å². The van der Waals surface area contributed by atoms with Crippen molar-refractivity contribution < 1.29 is 9.18 Å². The lowest BCUT2D eigenvalue weighted by molar-refractivity contribution is 0.252. The molecule has 1 aromatic rings. The van der Waals surface area contributed by atoms with Gasteiger partial charge < -0.3 is 10.6 Å². The molecular weight excluding hydrogens is 263 g/mol. The Bertz CT molecular complexity index is 357. The van der Waals surface area contributed by atoms with Crippen molar-refractivity contribution in [3.05, 3.63) is 28.5 Å². The normalized spacial score (nSPS) is 9.80. The Morgan fingerprint density at radius 2 is 2.27 bits per heavy atom. The number of carbonyl (C=O) groups is 1. The second-order valence-electron chi connectivity index (χ2n) is 3.01. The van der Waals surface area contributed by atoms with Gasteiger partial charge in [-0.25, -0.2) is 9.18 Å². The zero-order valence-electron chi connectivity index (χ0n) is 8.31. The van der Waals surface area contributed by atoms with E-state index in [1.165, 1.54) is 12.1 Å². The Morgan fingerprint density at radius 1 is 1.53 bits per heavy atom. The van der Waals surface area contributed by atoms with Crippen LogP contribution in [0, 0.1) is 5.82 Å². The summed E-state index contributed by atoms with van der Waals surface area (Å²) in [5, 5.41) is 5.02. The molecule has 0 aliphatic rings. The number of hydrogen-bond acceptors (Lipinski definition) is 1. The maximum atomic E-state index is 13.3. The molecule has 2 N–H and O–H groups in total. The topological polar surface area (TPSA) is 41.1 Å². The quantitative estimate of drug-likeness (QED) is 0.874. The summed E-state index contributed by atoms with van der Waals surface area (Å²) in [5.74, 6) is -0.462. The highest BCUT2D eigenvalue weighted by molar-refractivity contribution is 9.10. The van der Waals surface area contributed by atoms with Crippen molar-refractivity contribution in [1.29, 1.82) is 0 Å². The molecule has 0 spiro atoms. The molecule has 15 heavy (non-hydrogen) atoms. The van der Waals surface area contributed by atoms with Crippen LogP contribution in [0.4, 0.5) is 14.9 Å². The molecule has 2 amide bonds. The summed E-state index contributed by atoms with van der Waals surface area (Å²) in [4.78, 5) is 11.2. The Morgan fingerprint density at radius 3 is 2.87 bits per heavy atom. The van der Waals surface area contributed by atoms with E-state index in [9.17, 15) is 9.18 Å². The van der Waals surface area contributed by atoms with Crippen LogP contribution in [0.5, 0.6) is 0 Å². The van der Waals surface area contributed by atoms with Crippen molar-refractivity contribution in [1.82, 2.24) is 5.32 Å². The molecule has 3 nitrogen and oxygen atoms in total. The van der Waals surface area contributed by atoms with Crippen LogP contribution < -0.4 is 10.6 Å². The van der Waals surface area contributed by atoms with Gasteiger partial charge in [-0.05, 0) is 24.6 Å². The highest BCUT2D eigenvalue weighted by atomic mass is 79.9. The van der Waals surface area contributed by atoms with E-state index in [1.807, 2.05) is 6.92 Å². The van der Waals surface area contributed by atoms with Crippen molar-refractivity contribution in [2.45, 2.75) is 13.3 Å². The van der Waals surface area contributed by atoms with Crippen LogP contribution in [0.2, 0.25) is 0 Å². The Balaban J connectivity index is 2.60. The summed E-state index contributed by atoms with van der Waals surface area (Å²) in [5.41, 5.74) is 0.173. The van der Waals surface area contributed by atoms with E-state index in [0.717, 1.165) is 6.42 Å². The van der Waals surface area contributed by atoms with Gasteiger partial charge in [0.2, 0.25) is 0 Å². The van der Waals surface area contributed by atoms with E-state index in [0.29, 0.717) is 11.0 Å². The van der Waals surface area contributed by atoms with Gasteiger partial charge >= 0.3 is 6.03 Å². The molecule has 0 saturated carbocycles. The monoisotopic (exact) mass is 274 g/mol. The third kappa shape index (κ3) is 3.87. The van der Waals surface area contributed by atoms with Crippen molar-refractivity contribution >= 4 is 27.6 Å². The molecule has 82 valence electrons. The van der Waals surface area contributed by atoms with Crippen molar-refractivity contribution in [3.63, 3.8) is 0 Å². The van der Waals surface area contributed by atoms with Crippen LogP contribution in [-0.4, -0.2) is 12.6 Å². The van der Waals surface area contributed by atoms with Crippen molar-refractivity contribution in [2.24, 2.45) is 0 Å². The largest absolute Gasteiger partial charge is 0.338 e. The minimum Gasteiger partial charge on any atom is -0.338 e. The lowest BCUT2D eigenvalue weighted by Gasteiger charge is -2.07. The molecular formula is C10H12BrFN2O. The first kappa shape index (κ1) is 12.0. The van der Waals surface area contributed by atoms with Gasteiger partial charge in [0, 0.05) is 11.0 Å². The Hall–Kier alpha value is -1.10. The first-order valence-electron chi connectivity index (χ1n) is 4.63. The summed E-state index contributed by atoms with van der Waals surface area (Å²) in [6.45, 7) is 2.52. The van der Waals surface area contributed by atoms with E-state index in [1.54, 1.807) is 6.07 Å². The molecule has 0 bridgehead atoms. The molecule has 0 aliphatic heterocycles. The van der Waals surface area contributed by atoms with E-state index in [-0.39, 0.29) is 5.69 Å². The first-order chi connectivity index (χ1) is 7.13. The maximum Gasteiger partial charge on any atom is 0.319 e. The summed E-state index contributed by atoms with van der Waals surface area (Å²) >= 11 is 3.14. The SMILES string of the molecule is CCCNC(=O)Nc1ccc(Br)cc1F. The van der Waals surface area contributed by atoms with Gasteiger partial charge in [0.1, 0.15) is 5.82 Å². The Kier molecular flexibility index (Phi) is 4.55. The molecule has 1 aromatic carbocycles. The fraction of sp³-hybridized carbons (Fsp3) is 0.300. The molecule has 1 rings (SSSR count). The van der Waals surface area contributed by atoms with Crippen LogP contribution in [0.3, 0.4) is 0 Å². The van der Waals surface area contributed by atoms with Gasteiger partial charge in [-0.1, -0.05) is 22.9 Å². The number of urea groups is 1. The van der Waals surface area contributed by atoms with E-state index >= 15 is 0 Å². The van der Waals surface area contributed by atoms with Gasteiger partial charge in [0.05, 0.1) is 5.69 Å². The highest BCUT2D eigenvalue weighted by Crippen LogP contribution is 2.18. The smallest absolute Gasteiger partial charge is 0.319 e. The Labute approximate surface area is 96.2 Å². The lowest BCUT2D eigenvalue weighted by atomic mass is 10.3. The zero-order chi connectivity index (χ0) is 11.3. The van der Waals surface area contributed by atoms with Crippen LogP contribution >= 0.6 is 15.9 Å². The average molecular weight is 275 g/mol. The van der Waals surface area contributed by atoms with Crippen LogP contribution in [-0.2, 0) is 0 Å². The fourth-order valence-electron chi connectivity index (χ4n) is 0.996. The first-order valence-corrected chi connectivity index (χ1v) is 5.42. The van der Waals surface area contributed by atoms with Crippen LogP contribution in [0.1, 0.15) is 13.3 Å². The van der Waals surface area contributed by atoms with Crippen LogP contribution in [0.25, 0.3) is 0 Å². The zero-order valence-corrected chi connectivity index (χ0v) is 9.90. The predicted molar refractivity (Wildman–Crippen MR) is 61.4 cm³/mol. The second-order valence-corrected chi connectivity index (χ2v) is 3.92. The van der Waals surface area contributed by atoms with Gasteiger partial charge in [-0.3, -0.25) is 0 Å². The van der Waals surface area contributed by atoms with E-state index in [2.05, 4.69) is 26.6 Å². The van der Waals surface area contributed by atoms with Crippen LogP contribution in [0.15, 0.2) is 22.7 Å². The number of benzene rings is 1. The lowest BCUT2D eigenvalue weighted by Crippen LogP contribution is -2.29. The van der Waals surface area contributed by atoms with E-state index in [4.69, 9.17) is 0 Å². The van der Waals surface area contributed by atoms with Crippen molar-refractivity contribution in [3.8, 4) is 0 Å². The summed E-state index contributed by atoms with van der Waals surface area (Å²) in [7, 11) is 0. The standard InChI is InChI=1S/C10H12BrFN2O/c1-2-5-13-10(15)14-9-4-3-7(11)6-8(9)12/h3-4,6H,2,5H2,1H3,(H2,13,14,15). The van der Waals surface area contributed by atoms with Gasteiger partial charge in [-0.15, -0.1) is 0 Å². The molecule has 5 heteroatoms. The number of rotatable bonds is 3. The predicted octanol–water partition coefficient (Wildman–Crippen LogP) is 3.12. The minimum absolute atomic E-state index is 0.173. The third-order valence-electron chi connectivity index (χ3n) is 1.71. The average Bonchev–Trinajstić information content (AvgIpc) is 2.19. The number of anilines is 1. The molecule has 0 unspecified atom stereocenters. The van der Waals surface area contributed by atoms with Crippen molar-refractivity contribution in [2.75, 3.05) is 11.9 Å². The number of amides is 2. The molecule has 0 atom stereocenters. The molecule has 0 saturated heterocycles. The number of halogens is 2. The van der Waals surface area contributed by atoms with Gasteiger partial charge in [0.25, 0.3) is 0 Å². The number of nitrogens with one attached hydrogen (secondary N) is 2. The summed E-state index contributed by atoms with van der Waals surface area (Å²) < 4.78 is 13.9. The molecule has 0 fully saturated rings. The van der Waals surface area contributed by atoms with Gasteiger partial charge in [-0.2, -0.15) is 0 Å². The summed E-state index contributed by atoms with van der Waals surface area (Å²) in [6, 6.07) is 4.08. The molecule has 0 heterocycles. The maximum absolute atomic E-state index is 13.3. The number of hydrogen-bond donors (Lipinski definition) is 2. The fourth-order valence-corrected chi connectivity index (χ4v) is 1.33. The molecule has 0 aliphatic carbocycles. The summed E-state index contributed by atoms with van der Waals surface area (Å²) in [6.07, 6.45) is 0.843.